The summed E-state index contributed by atoms with van der Waals surface area (Å²) in [6.45, 7) is 0. The molecule has 1 aromatic carbocycles. The fourth-order valence-electron chi connectivity index (χ4n) is 5.44. The van der Waals surface area contributed by atoms with Crippen molar-refractivity contribution in [2.45, 2.75) is 49.0 Å². The molecule has 0 aliphatic heterocycles. The number of rotatable bonds is 4. The van der Waals surface area contributed by atoms with Crippen LogP contribution in [0.1, 0.15) is 38.5 Å². The molecule has 4 aliphatic rings. The molecule has 4 aliphatic carbocycles. The highest BCUT2D eigenvalue weighted by atomic mass is 32.2. The molecular formula is C17H23N3O2S2. The van der Waals surface area contributed by atoms with Gasteiger partial charge in [-0.05, 0) is 92.8 Å². The van der Waals surface area contributed by atoms with Crippen LogP contribution in [0, 0.1) is 17.8 Å². The minimum absolute atomic E-state index is 0.164. The third kappa shape index (κ3) is 3.05. The van der Waals surface area contributed by atoms with Gasteiger partial charge in [0.2, 0.25) is 10.0 Å². The summed E-state index contributed by atoms with van der Waals surface area (Å²) in [5, 5.41) is 2.97. The summed E-state index contributed by atoms with van der Waals surface area (Å²) >= 11 is 4.79. The monoisotopic (exact) mass is 365 g/mol. The number of anilines is 1. The van der Waals surface area contributed by atoms with Crippen LogP contribution in [-0.2, 0) is 10.0 Å². The Morgan fingerprint density at radius 3 is 2.00 bits per heavy atom. The third-order valence-corrected chi connectivity index (χ3v) is 7.52. The Bertz CT molecular complexity index is 723. The lowest BCUT2D eigenvalue weighted by Crippen LogP contribution is -2.59. The molecule has 4 fully saturated rings. The van der Waals surface area contributed by atoms with Crippen LogP contribution in [-0.4, -0.2) is 19.1 Å². The van der Waals surface area contributed by atoms with Crippen molar-refractivity contribution in [3.05, 3.63) is 24.3 Å². The standard InChI is InChI=1S/C17H23N3O2S2/c18-16(23)19-14-1-3-15(4-2-14)24(21,22)20-17-8-11-5-12(9-17)7-13(6-11)10-17/h1-4,11-13,20H,5-10H2,(H3,18,19,23). The van der Waals surface area contributed by atoms with Crippen molar-refractivity contribution in [3.8, 4) is 0 Å². The molecule has 0 aromatic heterocycles. The Hall–Kier alpha value is -1.18. The van der Waals surface area contributed by atoms with E-state index in [1.54, 1.807) is 24.3 Å². The second kappa shape index (κ2) is 5.68. The number of benzene rings is 1. The zero-order valence-electron chi connectivity index (χ0n) is 13.5. The first-order chi connectivity index (χ1) is 11.3. The third-order valence-electron chi connectivity index (χ3n) is 5.82. The van der Waals surface area contributed by atoms with Crippen molar-refractivity contribution in [3.63, 3.8) is 0 Å². The van der Waals surface area contributed by atoms with Crippen LogP contribution >= 0.6 is 12.2 Å². The van der Waals surface area contributed by atoms with E-state index in [0.29, 0.717) is 28.3 Å². The lowest BCUT2D eigenvalue weighted by molar-refractivity contribution is -0.00810. The first-order valence-electron chi connectivity index (χ1n) is 8.54. The molecule has 1 aromatic rings. The molecule has 4 bridgehead atoms. The average molecular weight is 366 g/mol. The van der Waals surface area contributed by atoms with Crippen molar-refractivity contribution >= 4 is 33.0 Å². The summed E-state index contributed by atoms with van der Waals surface area (Å²) in [4.78, 5) is 0.298. The van der Waals surface area contributed by atoms with Crippen molar-refractivity contribution in [1.29, 1.82) is 0 Å². The fourth-order valence-corrected chi connectivity index (χ4v) is 6.99. The Labute approximate surface area is 148 Å². The van der Waals surface area contributed by atoms with Gasteiger partial charge in [0.1, 0.15) is 0 Å². The molecule has 130 valence electrons. The van der Waals surface area contributed by atoms with Crippen LogP contribution in [0.4, 0.5) is 5.69 Å². The molecule has 4 saturated carbocycles. The minimum atomic E-state index is -3.51. The zero-order chi connectivity index (χ0) is 16.9. The van der Waals surface area contributed by atoms with Crippen LogP contribution in [0.3, 0.4) is 0 Å². The van der Waals surface area contributed by atoms with E-state index in [2.05, 4.69) is 10.0 Å². The van der Waals surface area contributed by atoms with E-state index < -0.39 is 10.0 Å². The molecule has 5 nitrogen and oxygen atoms in total. The molecule has 0 amide bonds. The highest BCUT2D eigenvalue weighted by molar-refractivity contribution is 7.89. The fraction of sp³-hybridized carbons (Fsp3) is 0.588. The summed E-state index contributed by atoms with van der Waals surface area (Å²) in [7, 11) is -3.51. The van der Waals surface area contributed by atoms with Gasteiger partial charge in [-0.15, -0.1) is 0 Å². The summed E-state index contributed by atoms with van der Waals surface area (Å²) in [5.74, 6) is 2.11. The number of thiocarbonyl (C=S) groups is 1. The van der Waals surface area contributed by atoms with E-state index in [4.69, 9.17) is 18.0 Å². The van der Waals surface area contributed by atoms with E-state index >= 15 is 0 Å². The smallest absolute Gasteiger partial charge is 0.241 e. The normalized spacial score (nSPS) is 34.2. The van der Waals surface area contributed by atoms with Crippen molar-refractivity contribution < 1.29 is 8.42 Å². The van der Waals surface area contributed by atoms with Crippen LogP contribution in [0.2, 0.25) is 0 Å². The predicted octanol–water partition coefficient (Wildman–Crippen LogP) is 2.59. The summed E-state index contributed by atoms with van der Waals surface area (Å²) in [6.07, 6.45) is 6.87. The highest BCUT2D eigenvalue weighted by Gasteiger charge is 2.52. The van der Waals surface area contributed by atoms with Gasteiger partial charge in [-0.1, -0.05) is 0 Å². The minimum Gasteiger partial charge on any atom is -0.376 e. The van der Waals surface area contributed by atoms with Crippen LogP contribution in [0.5, 0.6) is 0 Å². The van der Waals surface area contributed by atoms with Gasteiger partial charge in [0.25, 0.3) is 0 Å². The Morgan fingerprint density at radius 1 is 1.04 bits per heavy atom. The van der Waals surface area contributed by atoms with Crippen molar-refractivity contribution in [1.82, 2.24) is 4.72 Å². The molecule has 24 heavy (non-hydrogen) atoms. The van der Waals surface area contributed by atoms with Crippen molar-refractivity contribution in [2.75, 3.05) is 5.32 Å². The molecule has 0 heterocycles. The number of hydrogen-bond acceptors (Lipinski definition) is 3. The van der Waals surface area contributed by atoms with Gasteiger partial charge in [0.15, 0.2) is 5.11 Å². The first-order valence-corrected chi connectivity index (χ1v) is 10.4. The molecule has 0 radical (unpaired) electrons. The second-order valence-electron chi connectivity index (χ2n) is 7.82. The first kappa shape index (κ1) is 16.3. The van der Waals surface area contributed by atoms with E-state index in [9.17, 15) is 8.42 Å². The van der Waals surface area contributed by atoms with Crippen LogP contribution in [0.15, 0.2) is 29.2 Å². The van der Waals surface area contributed by atoms with Gasteiger partial charge in [0, 0.05) is 11.2 Å². The lowest BCUT2D eigenvalue weighted by Gasteiger charge is -2.56. The molecule has 7 heteroatoms. The van der Waals surface area contributed by atoms with E-state index in [-0.39, 0.29) is 10.7 Å². The maximum atomic E-state index is 12.9. The topological polar surface area (TPSA) is 84.2 Å². The Kier molecular flexibility index (Phi) is 3.85. The maximum Gasteiger partial charge on any atom is 0.241 e. The highest BCUT2D eigenvalue weighted by Crippen LogP contribution is 2.55. The van der Waals surface area contributed by atoms with E-state index in [0.717, 1.165) is 19.3 Å². The van der Waals surface area contributed by atoms with Crippen molar-refractivity contribution in [2.24, 2.45) is 23.5 Å². The number of hydrogen-bond donors (Lipinski definition) is 3. The Morgan fingerprint density at radius 2 is 1.54 bits per heavy atom. The molecule has 0 spiro atoms. The van der Waals surface area contributed by atoms with Gasteiger partial charge in [-0.25, -0.2) is 13.1 Å². The molecule has 5 rings (SSSR count). The van der Waals surface area contributed by atoms with E-state index in [1.165, 1.54) is 19.3 Å². The molecule has 0 saturated heterocycles. The largest absolute Gasteiger partial charge is 0.376 e. The quantitative estimate of drug-likeness (QED) is 0.714. The number of sulfonamides is 1. The van der Waals surface area contributed by atoms with Gasteiger partial charge >= 0.3 is 0 Å². The SMILES string of the molecule is NC(=S)Nc1ccc(S(=O)(=O)NC23CC4CC(CC(C4)C2)C3)cc1. The maximum absolute atomic E-state index is 12.9. The Balaban J connectivity index is 1.54. The van der Waals surface area contributed by atoms with Crippen LogP contribution in [0.25, 0.3) is 0 Å². The zero-order valence-corrected chi connectivity index (χ0v) is 15.1. The summed E-state index contributed by atoms with van der Waals surface area (Å²) in [5.41, 5.74) is 5.91. The van der Waals surface area contributed by atoms with E-state index in [1.807, 2.05) is 0 Å². The van der Waals surface area contributed by atoms with Gasteiger partial charge < -0.3 is 11.1 Å². The average Bonchev–Trinajstić information content (AvgIpc) is 2.44. The van der Waals surface area contributed by atoms with Gasteiger partial charge in [-0.2, -0.15) is 0 Å². The predicted molar refractivity (Wildman–Crippen MR) is 98.1 cm³/mol. The molecular weight excluding hydrogens is 342 g/mol. The van der Waals surface area contributed by atoms with Gasteiger partial charge in [0.05, 0.1) is 4.90 Å². The number of nitrogens with two attached hydrogens (primary N) is 1. The summed E-state index contributed by atoms with van der Waals surface area (Å²) in [6, 6.07) is 6.58. The van der Waals surface area contributed by atoms with Gasteiger partial charge in [-0.3, -0.25) is 0 Å². The molecule has 0 atom stereocenters. The van der Waals surface area contributed by atoms with Crippen LogP contribution < -0.4 is 15.8 Å². The second-order valence-corrected chi connectivity index (χ2v) is 9.94. The molecule has 0 unspecified atom stereocenters. The lowest BCUT2D eigenvalue weighted by atomic mass is 9.53. The number of nitrogens with one attached hydrogen (secondary N) is 2. The summed E-state index contributed by atoms with van der Waals surface area (Å²) < 4.78 is 28.8. The molecule has 4 N–H and O–H groups in total.